The normalized spacial score (nSPS) is 23.0. The van der Waals surface area contributed by atoms with E-state index in [1.165, 1.54) is 34.2 Å². The Morgan fingerprint density at radius 3 is 3.00 bits per heavy atom. The molecular weight excluding hydrogens is 280 g/mol. The standard InChI is InChI=1S/C11H12BrClS/c12-10-5-6-14-11(10)8-3-1-2-4-9(13)7-8/h5-7,9H,1-4H2. The highest BCUT2D eigenvalue weighted by Gasteiger charge is 2.13. The van der Waals surface area contributed by atoms with Crippen LogP contribution in [-0.4, -0.2) is 5.38 Å². The van der Waals surface area contributed by atoms with Gasteiger partial charge in [-0.3, -0.25) is 0 Å². The van der Waals surface area contributed by atoms with Gasteiger partial charge in [0.05, 0.1) is 5.38 Å². The predicted molar refractivity (Wildman–Crippen MR) is 68.1 cm³/mol. The second-order valence-electron chi connectivity index (χ2n) is 3.55. The molecule has 0 aliphatic heterocycles. The summed E-state index contributed by atoms with van der Waals surface area (Å²) >= 11 is 11.6. The van der Waals surface area contributed by atoms with Gasteiger partial charge in [-0.15, -0.1) is 22.9 Å². The predicted octanol–water partition coefficient (Wildman–Crippen LogP) is 5.08. The Morgan fingerprint density at radius 1 is 1.43 bits per heavy atom. The Labute approximate surface area is 102 Å². The lowest BCUT2D eigenvalue weighted by Gasteiger charge is -2.03. The highest BCUT2D eigenvalue weighted by Crippen LogP contribution is 2.35. The molecule has 1 aliphatic carbocycles. The van der Waals surface area contributed by atoms with Crippen molar-refractivity contribution >= 4 is 44.4 Å². The van der Waals surface area contributed by atoms with Crippen LogP contribution in [0.25, 0.3) is 5.57 Å². The van der Waals surface area contributed by atoms with E-state index in [0.717, 1.165) is 6.42 Å². The van der Waals surface area contributed by atoms with Crippen molar-refractivity contribution in [1.82, 2.24) is 0 Å². The molecule has 0 aromatic carbocycles. The first kappa shape index (κ1) is 10.7. The molecule has 76 valence electrons. The SMILES string of the molecule is ClC1C=C(c2sccc2Br)CCCC1. The third kappa shape index (κ3) is 2.41. The zero-order valence-electron chi connectivity index (χ0n) is 7.80. The van der Waals surface area contributed by atoms with Crippen molar-refractivity contribution in [2.24, 2.45) is 0 Å². The van der Waals surface area contributed by atoms with Crippen molar-refractivity contribution in [2.75, 3.05) is 0 Å². The van der Waals surface area contributed by atoms with Crippen LogP contribution in [0.4, 0.5) is 0 Å². The van der Waals surface area contributed by atoms with Gasteiger partial charge in [0.25, 0.3) is 0 Å². The van der Waals surface area contributed by atoms with Crippen LogP contribution < -0.4 is 0 Å². The van der Waals surface area contributed by atoms with E-state index in [-0.39, 0.29) is 5.38 Å². The summed E-state index contributed by atoms with van der Waals surface area (Å²) in [6, 6.07) is 2.11. The maximum Gasteiger partial charge on any atom is 0.0522 e. The number of allylic oxidation sites excluding steroid dienone is 2. The topological polar surface area (TPSA) is 0 Å². The lowest BCUT2D eigenvalue weighted by Crippen LogP contribution is -1.90. The van der Waals surface area contributed by atoms with Gasteiger partial charge >= 0.3 is 0 Å². The molecule has 0 bridgehead atoms. The molecule has 0 fully saturated rings. The summed E-state index contributed by atoms with van der Waals surface area (Å²) in [6.07, 6.45) is 7.03. The molecule has 1 aliphatic rings. The van der Waals surface area contributed by atoms with Crippen molar-refractivity contribution in [2.45, 2.75) is 31.1 Å². The third-order valence-electron chi connectivity index (χ3n) is 2.47. The second kappa shape index (κ2) is 4.82. The van der Waals surface area contributed by atoms with Crippen LogP contribution in [0.2, 0.25) is 0 Å². The first-order valence-electron chi connectivity index (χ1n) is 4.85. The number of thiophene rings is 1. The summed E-state index contributed by atoms with van der Waals surface area (Å²) in [5, 5.41) is 2.34. The molecule has 0 nitrogen and oxygen atoms in total. The van der Waals surface area contributed by atoms with Crippen LogP contribution in [0.1, 0.15) is 30.6 Å². The van der Waals surface area contributed by atoms with Crippen LogP contribution >= 0.6 is 38.9 Å². The van der Waals surface area contributed by atoms with Crippen molar-refractivity contribution in [1.29, 1.82) is 0 Å². The fourth-order valence-corrected chi connectivity index (χ4v) is 3.74. The van der Waals surface area contributed by atoms with Gasteiger partial charge in [0.2, 0.25) is 0 Å². The molecular formula is C11H12BrClS. The van der Waals surface area contributed by atoms with Crippen LogP contribution in [-0.2, 0) is 0 Å². The summed E-state index contributed by atoms with van der Waals surface area (Å²) in [6.45, 7) is 0. The molecule has 1 heterocycles. The zero-order valence-corrected chi connectivity index (χ0v) is 11.0. The average Bonchev–Trinajstić information content (AvgIpc) is 2.45. The fraction of sp³-hybridized carbons (Fsp3) is 0.455. The minimum absolute atomic E-state index is 0.224. The van der Waals surface area contributed by atoms with Gasteiger partial charge in [-0.2, -0.15) is 0 Å². The van der Waals surface area contributed by atoms with E-state index >= 15 is 0 Å². The second-order valence-corrected chi connectivity index (χ2v) is 5.88. The number of hydrogen-bond acceptors (Lipinski definition) is 1. The maximum atomic E-state index is 6.20. The van der Waals surface area contributed by atoms with E-state index in [1.807, 2.05) is 0 Å². The van der Waals surface area contributed by atoms with Gasteiger partial charge in [-0.05, 0) is 52.2 Å². The van der Waals surface area contributed by atoms with Crippen LogP contribution in [0.5, 0.6) is 0 Å². The first-order chi connectivity index (χ1) is 6.77. The molecule has 0 saturated carbocycles. The Bertz CT molecular complexity index is 343. The highest BCUT2D eigenvalue weighted by molar-refractivity contribution is 9.10. The third-order valence-corrected chi connectivity index (χ3v) is 4.72. The van der Waals surface area contributed by atoms with E-state index < -0.39 is 0 Å². The molecule has 1 aromatic rings. The quantitative estimate of drug-likeness (QED) is 0.633. The van der Waals surface area contributed by atoms with Crippen molar-refractivity contribution in [3.63, 3.8) is 0 Å². The van der Waals surface area contributed by atoms with Crippen LogP contribution in [0, 0.1) is 0 Å². The monoisotopic (exact) mass is 290 g/mol. The Kier molecular flexibility index (Phi) is 3.69. The molecule has 1 atom stereocenters. The van der Waals surface area contributed by atoms with Crippen LogP contribution in [0.3, 0.4) is 0 Å². The molecule has 2 rings (SSSR count). The summed E-state index contributed by atoms with van der Waals surface area (Å²) in [4.78, 5) is 1.36. The summed E-state index contributed by atoms with van der Waals surface area (Å²) in [5.41, 5.74) is 1.42. The zero-order chi connectivity index (χ0) is 9.97. The van der Waals surface area contributed by atoms with Gasteiger partial charge in [0, 0.05) is 9.35 Å². The summed E-state index contributed by atoms with van der Waals surface area (Å²) < 4.78 is 1.21. The molecule has 3 heteroatoms. The fourth-order valence-electron chi connectivity index (χ4n) is 1.75. The minimum Gasteiger partial charge on any atom is -0.143 e. The Morgan fingerprint density at radius 2 is 2.29 bits per heavy atom. The van der Waals surface area contributed by atoms with Gasteiger partial charge in [-0.25, -0.2) is 0 Å². The van der Waals surface area contributed by atoms with Crippen LogP contribution in [0.15, 0.2) is 22.0 Å². The number of halogens is 2. The molecule has 0 radical (unpaired) electrons. The van der Waals surface area contributed by atoms with Crippen molar-refractivity contribution in [3.8, 4) is 0 Å². The lowest BCUT2D eigenvalue weighted by molar-refractivity contribution is 0.724. The molecule has 1 aromatic heterocycles. The summed E-state index contributed by atoms with van der Waals surface area (Å²) in [5.74, 6) is 0. The van der Waals surface area contributed by atoms with E-state index in [0.29, 0.717) is 0 Å². The van der Waals surface area contributed by atoms with Gasteiger partial charge in [0.15, 0.2) is 0 Å². The van der Waals surface area contributed by atoms with E-state index in [2.05, 4.69) is 33.5 Å². The maximum absolute atomic E-state index is 6.20. The van der Waals surface area contributed by atoms with Crippen molar-refractivity contribution < 1.29 is 0 Å². The molecule has 0 spiro atoms. The van der Waals surface area contributed by atoms with E-state index in [1.54, 1.807) is 11.3 Å². The molecule has 14 heavy (non-hydrogen) atoms. The van der Waals surface area contributed by atoms with Gasteiger partial charge in [0.1, 0.15) is 0 Å². The van der Waals surface area contributed by atoms with E-state index in [4.69, 9.17) is 11.6 Å². The summed E-state index contributed by atoms with van der Waals surface area (Å²) in [7, 11) is 0. The Hall–Kier alpha value is 0.210. The molecule has 0 saturated heterocycles. The molecule has 0 N–H and O–H groups in total. The largest absolute Gasteiger partial charge is 0.143 e. The first-order valence-corrected chi connectivity index (χ1v) is 6.96. The van der Waals surface area contributed by atoms with Crippen molar-refractivity contribution in [3.05, 3.63) is 26.9 Å². The molecule has 0 amide bonds. The lowest BCUT2D eigenvalue weighted by atomic mass is 10.1. The smallest absolute Gasteiger partial charge is 0.0522 e. The number of rotatable bonds is 1. The Balaban J connectivity index is 2.28. The minimum atomic E-state index is 0.224. The van der Waals surface area contributed by atoms with Gasteiger partial charge in [-0.1, -0.05) is 12.5 Å². The average molecular weight is 292 g/mol. The highest BCUT2D eigenvalue weighted by atomic mass is 79.9. The number of hydrogen-bond donors (Lipinski definition) is 0. The molecule has 1 unspecified atom stereocenters. The number of alkyl halides is 1. The van der Waals surface area contributed by atoms with Gasteiger partial charge < -0.3 is 0 Å². The van der Waals surface area contributed by atoms with E-state index in [9.17, 15) is 0 Å².